The number of hydrogen-bond donors (Lipinski definition) is 1. The van der Waals surface area contributed by atoms with E-state index in [1.165, 1.54) is 34.5 Å². The molecule has 0 radical (unpaired) electrons. The third kappa shape index (κ3) is 4.99. The number of hydrogen-bond acceptors (Lipinski definition) is 5. The number of amides is 2. The molecule has 2 rings (SSSR count). The second-order valence-electron chi connectivity index (χ2n) is 6.06. The quantitative estimate of drug-likeness (QED) is 0.701. The number of sulfonamides is 1. The highest BCUT2D eigenvalue weighted by molar-refractivity contribution is 7.89. The first-order valence-electron chi connectivity index (χ1n) is 8.16. The van der Waals surface area contributed by atoms with Crippen LogP contribution in [0.4, 0.5) is 4.39 Å². The van der Waals surface area contributed by atoms with Crippen LogP contribution in [0.25, 0.3) is 0 Å². The molecule has 10 heteroatoms. The van der Waals surface area contributed by atoms with Crippen molar-refractivity contribution in [3.63, 3.8) is 0 Å². The van der Waals surface area contributed by atoms with Crippen LogP contribution < -0.4 is 5.32 Å². The molecule has 1 aliphatic rings. The molecular formula is C16H23FN4O4S. The Balaban J connectivity index is 1.90. The summed E-state index contributed by atoms with van der Waals surface area (Å²) in [4.78, 5) is 26.5. The first-order valence-corrected chi connectivity index (χ1v) is 9.60. The summed E-state index contributed by atoms with van der Waals surface area (Å²) in [6, 6.07) is 4.91. The second-order valence-corrected chi connectivity index (χ2v) is 8.00. The highest BCUT2D eigenvalue weighted by Crippen LogP contribution is 2.18. The predicted molar refractivity (Wildman–Crippen MR) is 93.3 cm³/mol. The lowest BCUT2D eigenvalue weighted by Crippen LogP contribution is -2.51. The molecule has 0 atom stereocenters. The Hall–Kier alpha value is -2.04. The molecule has 0 unspecified atom stereocenters. The topological polar surface area (TPSA) is 90.0 Å². The molecule has 1 aromatic carbocycles. The summed E-state index contributed by atoms with van der Waals surface area (Å²) in [5, 5.41) is 2.45. The van der Waals surface area contributed by atoms with Crippen LogP contribution in [0.1, 0.15) is 0 Å². The van der Waals surface area contributed by atoms with Crippen molar-refractivity contribution in [3.8, 4) is 0 Å². The van der Waals surface area contributed by atoms with Gasteiger partial charge < -0.3 is 10.2 Å². The molecule has 144 valence electrons. The summed E-state index contributed by atoms with van der Waals surface area (Å²) >= 11 is 0. The molecule has 1 saturated heterocycles. The van der Waals surface area contributed by atoms with Gasteiger partial charge in [-0.15, -0.1) is 0 Å². The van der Waals surface area contributed by atoms with Gasteiger partial charge >= 0.3 is 0 Å². The Morgan fingerprint density at radius 1 is 1.23 bits per heavy atom. The molecule has 0 bridgehead atoms. The van der Waals surface area contributed by atoms with Crippen molar-refractivity contribution >= 4 is 21.8 Å². The summed E-state index contributed by atoms with van der Waals surface area (Å²) in [5.41, 5.74) is 0. The maximum atomic E-state index is 13.3. The molecule has 26 heavy (non-hydrogen) atoms. The number of halogens is 1. The van der Waals surface area contributed by atoms with Crippen LogP contribution in [0, 0.1) is 5.82 Å². The lowest BCUT2D eigenvalue weighted by Gasteiger charge is -2.34. The second kappa shape index (κ2) is 8.56. The Labute approximate surface area is 152 Å². The number of rotatable bonds is 6. The van der Waals surface area contributed by atoms with E-state index < -0.39 is 15.8 Å². The Bertz CT molecular complexity index is 763. The van der Waals surface area contributed by atoms with E-state index in [2.05, 4.69) is 5.32 Å². The van der Waals surface area contributed by atoms with Crippen LogP contribution >= 0.6 is 0 Å². The Morgan fingerprint density at radius 3 is 2.46 bits per heavy atom. The molecule has 1 aromatic rings. The van der Waals surface area contributed by atoms with Gasteiger partial charge in [0.05, 0.1) is 18.0 Å². The molecule has 1 fully saturated rings. The summed E-state index contributed by atoms with van der Waals surface area (Å²) < 4.78 is 39.7. The number of carbonyl (C=O) groups is 2. The van der Waals surface area contributed by atoms with Crippen LogP contribution in [-0.2, 0) is 19.6 Å². The molecule has 8 nitrogen and oxygen atoms in total. The van der Waals surface area contributed by atoms with Gasteiger partial charge in [0.25, 0.3) is 0 Å². The SMILES string of the molecule is CNC(=O)CN(C)C(=O)CN1CCN(S(=O)(=O)c2cccc(F)c2)CC1. The fourth-order valence-electron chi connectivity index (χ4n) is 2.60. The van der Waals surface area contributed by atoms with E-state index >= 15 is 0 Å². The van der Waals surface area contributed by atoms with Gasteiger partial charge in [-0.25, -0.2) is 12.8 Å². The zero-order chi connectivity index (χ0) is 19.3. The van der Waals surface area contributed by atoms with Gasteiger partial charge in [-0.3, -0.25) is 14.5 Å². The van der Waals surface area contributed by atoms with Crippen molar-refractivity contribution in [2.75, 3.05) is 53.4 Å². The van der Waals surface area contributed by atoms with Crippen LogP contribution in [0.2, 0.25) is 0 Å². The van der Waals surface area contributed by atoms with E-state index in [-0.39, 0.29) is 42.9 Å². The highest BCUT2D eigenvalue weighted by Gasteiger charge is 2.29. The number of nitrogens with one attached hydrogen (secondary N) is 1. The van der Waals surface area contributed by atoms with E-state index in [0.29, 0.717) is 13.1 Å². The average molecular weight is 386 g/mol. The number of carbonyl (C=O) groups excluding carboxylic acids is 2. The minimum atomic E-state index is -3.75. The van der Waals surface area contributed by atoms with Crippen molar-refractivity contribution < 1.29 is 22.4 Å². The predicted octanol–water partition coefficient (Wildman–Crippen LogP) is -0.664. The molecule has 0 aromatic heterocycles. The number of piperazine rings is 1. The van der Waals surface area contributed by atoms with E-state index in [1.54, 1.807) is 7.05 Å². The Kier molecular flexibility index (Phi) is 6.68. The van der Waals surface area contributed by atoms with Crippen molar-refractivity contribution in [2.24, 2.45) is 0 Å². The van der Waals surface area contributed by atoms with Gasteiger partial charge in [0.1, 0.15) is 5.82 Å². The van der Waals surface area contributed by atoms with Gasteiger partial charge in [0, 0.05) is 40.3 Å². The van der Waals surface area contributed by atoms with Gasteiger partial charge in [0.15, 0.2) is 0 Å². The molecule has 0 saturated carbocycles. The lowest BCUT2D eigenvalue weighted by molar-refractivity contribution is -0.135. The van der Waals surface area contributed by atoms with Crippen LogP contribution in [-0.4, -0.2) is 87.7 Å². The van der Waals surface area contributed by atoms with Crippen molar-refractivity contribution in [1.29, 1.82) is 0 Å². The summed E-state index contributed by atoms with van der Waals surface area (Å²) in [7, 11) is -0.711. The monoisotopic (exact) mass is 386 g/mol. The minimum Gasteiger partial charge on any atom is -0.358 e. The maximum Gasteiger partial charge on any atom is 0.243 e. The summed E-state index contributed by atoms with van der Waals surface area (Å²) in [5.74, 6) is -1.07. The van der Waals surface area contributed by atoms with Crippen molar-refractivity contribution in [2.45, 2.75) is 4.90 Å². The maximum absolute atomic E-state index is 13.3. The fraction of sp³-hybridized carbons (Fsp3) is 0.500. The van der Waals surface area contributed by atoms with E-state index in [9.17, 15) is 22.4 Å². The molecular weight excluding hydrogens is 363 g/mol. The third-order valence-corrected chi connectivity index (χ3v) is 6.10. The molecule has 0 aliphatic carbocycles. The zero-order valence-corrected chi connectivity index (χ0v) is 15.6. The van der Waals surface area contributed by atoms with Gasteiger partial charge in [-0.2, -0.15) is 4.31 Å². The summed E-state index contributed by atoms with van der Waals surface area (Å²) in [6.45, 7) is 1.28. The average Bonchev–Trinajstić information content (AvgIpc) is 2.62. The largest absolute Gasteiger partial charge is 0.358 e. The normalized spacial score (nSPS) is 16.3. The lowest BCUT2D eigenvalue weighted by atomic mass is 10.3. The van der Waals surface area contributed by atoms with Crippen molar-refractivity contribution in [1.82, 2.24) is 19.4 Å². The standard InChI is InChI=1S/C16H23FN4O4S/c1-18-15(22)11-19(2)16(23)12-20-6-8-21(9-7-20)26(24,25)14-5-3-4-13(17)10-14/h3-5,10H,6-9,11-12H2,1-2H3,(H,18,22). The van der Waals surface area contributed by atoms with Crippen LogP contribution in [0.3, 0.4) is 0 Å². The number of benzene rings is 1. The molecule has 1 aliphatic heterocycles. The molecule has 2 amide bonds. The van der Waals surface area contributed by atoms with Crippen LogP contribution in [0.15, 0.2) is 29.2 Å². The number of nitrogens with zero attached hydrogens (tertiary/aromatic N) is 3. The van der Waals surface area contributed by atoms with Gasteiger partial charge in [0.2, 0.25) is 21.8 Å². The van der Waals surface area contributed by atoms with E-state index in [4.69, 9.17) is 0 Å². The van der Waals surface area contributed by atoms with Crippen LogP contribution in [0.5, 0.6) is 0 Å². The minimum absolute atomic E-state index is 0.0246. The molecule has 1 heterocycles. The molecule has 1 N–H and O–H groups in total. The highest BCUT2D eigenvalue weighted by atomic mass is 32.2. The first-order chi connectivity index (χ1) is 12.2. The van der Waals surface area contributed by atoms with E-state index in [1.807, 2.05) is 4.90 Å². The first kappa shape index (κ1) is 20.3. The number of likely N-dealkylation sites (N-methyl/N-ethyl adjacent to an activating group) is 2. The van der Waals surface area contributed by atoms with E-state index in [0.717, 1.165) is 6.07 Å². The van der Waals surface area contributed by atoms with Gasteiger partial charge in [-0.1, -0.05) is 6.07 Å². The zero-order valence-electron chi connectivity index (χ0n) is 14.8. The smallest absolute Gasteiger partial charge is 0.243 e. The third-order valence-electron chi connectivity index (χ3n) is 4.21. The molecule has 0 spiro atoms. The fourth-order valence-corrected chi connectivity index (χ4v) is 4.05. The van der Waals surface area contributed by atoms with Crippen molar-refractivity contribution in [3.05, 3.63) is 30.1 Å². The summed E-state index contributed by atoms with van der Waals surface area (Å²) in [6.07, 6.45) is 0. The Morgan fingerprint density at radius 2 is 1.88 bits per heavy atom. The van der Waals surface area contributed by atoms with Gasteiger partial charge in [-0.05, 0) is 18.2 Å².